The molecule has 2 aromatic heterocycles. The molecule has 0 saturated heterocycles. The molecule has 0 spiro atoms. The van der Waals surface area contributed by atoms with E-state index in [4.69, 9.17) is 10.5 Å². The molecule has 0 bridgehead atoms. The molecule has 5 rings (SSSR count). The number of halogens is 2. The number of hydrogen-bond donors (Lipinski definition) is 2. The van der Waals surface area contributed by atoms with Gasteiger partial charge in [0.05, 0.1) is 11.4 Å². The number of ether oxygens (including phenoxy) is 1. The second kappa shape index (κ2) is 9.71. The Morgan fingerprint density at radius 1 is 0.861 bits per heavy atom. The van der Waals surface area contributed by atoms with E-state index in [0.29, 0.717) is 11.5 Å². The second-order valence-electron chi connectivity index (χ2n) is 7.81. The van der Waals surface area contributed by atoms with Crippen molar-refractivity contribution in [2.45, 2.75) is 6.61 Å². The van der Waals surface area contributed by atoms with Crippen LogP contribution in [0.5, 0.6) is 0 Å². The first-order valence-corrected chi connectivity index (χ1v) is 10.9. The maximum Gasteiger partial charge on any atom is 0.411 e. The zero-order valence-corrected chi connectivity index (χ0v) is 18.8. The van der Waals surface area contributed by atoms with Gasteiger partial charge in [-0.15, -0.1) is 0 Å². The van der Waals surface area contributed by atoms with Gasteiger partial charge in [-0.25, -0.2) is 23.5 Å². The summed E-state index contributed by atoms with van der Waals surface area (Å²) in [7, 11) is 0. The SMILES string of the molecule is Nc1ccc(-n2ccnc2-c2nccn2-c2ccc(NC(=O)OCc3ccccc3)cc2F)c(F)c1. The third-order valence-electron chi connectivity index (χ3n) is 5.38. The van der Waals surface area contributed by atoms with Crippen LogP contribution in [0.25, 0.3) is 23.0 Å². The van der Waals surface area contributed by atoms with Crippen molar-refractivity contribution in [2.75, 3.05) is 11.1 Å². The van der Waals surface area contributed by atoms with Gasteiger partial charge in [0.15, 0.2) is 11.6 Å². The molecule has 10 heteroatoms. The molecule has 0 fully saturated rings. The standard InChI is InChI=1S/C26H20F2N6O2/c27-20-14-18(29)6-8-22(20)33-12-10-30-24(33)25-31-11-13-34(25)23-9-7-19(15-21(23)28)32-26(35)36-16-17-4-2-1-3-5-17/h1-15H,16,29H2,(H,32,35). The fourth-order valence-corrected chi connectivity index (χ4v) is 3.70. The number of nitrogen functional groups attached to an aromatic ring is 1. The van der Waals surface area contributed by atoms with Crippen LogP contribution in [0.1, 0.15) is 5.56 Å². The highest BCUT2D eigenvalue weighted by Gasteiger charge is 2.19. The van der Waals surface area contributed by atoms with E-state index in [1.54, 1.807) is 18.5 Å². The van der Waals surface area contributed by atoms with E-state index in [0.717, 1.165) is 5.56 Å². The highest BCUT2D eigenvalue weighted by molar-refractivity contribution is 5.84. The monoisotopic (exact) mass is 486 g/mol. The van der Waals surface area contributed by atoms with Crippen LogP contribution in [0.4, 0.5) is 25.0 Å². The second-order valence-corrected chi connectivity index (χ2v) is 7.81. The van der Waals surface area contributed by atoms with Crippen LogP contribution in [-0.2, 0) is 11.3 Å². The van der Waals surface area contributed by atoms with Gasteiger partial charge in [0.25, 0.3) is 0 Å². The van der Waals surface area contributed by atoms with E-state index >= 15 is 4.39 Å². The minimum atomic E-state index is -0.707. The third kappa shape index (κ3) is 4.64. The van der Waals surface area contributed by atoms with Gasteiger partial charge in [0.2, 0.25) is 0 Å². The van der Waals surface area contributed by atoms with Gasteiger partial charge >= 0.3 is 6.09 Å². The normalized spacial score (nSPS) is 10.8. The average Bonchev–Trinajstić information content (AvgIpc) is 3.53. The highest BCUT2D eigenvalue weighted by Crippen LogP contribution is 2.27. The zero-order valence-electron chi connectivity index (χ0n) is 18.8. The summed E-state index contributed by atoms with van der Waals surface area (Å²) < 4.78 is 37.9. The van der Waals surface area contributed by atoms with Gasteiger partial charge in [-0.05, 0) is 42.0 Å². The average molecular weight is 486 g/mol. The van der Waals surface area contributed by atoms with Gasteiger partial charge in [0, 0.05) is 36.2 Å². The number of carbonyl (C=O) groups is 1. The lowest BCUT2D eigenvalue weighted by Gasteiger charge is -2.13. The number of rotatable bonds is 6. The number of benzene rings is 3. The summed E-state index contributed by atoms with van der Waals surface area (Å²) in [6.07, 6.45) is 5.41. The van der Waals surface area contributed by atoms with Crippen molar-refractivity contribution in [1.82, 2.24) is 19.1 Å². The quantitative estimate of drug-likeness (QED) is 0.316. The Morgan fingerprint density at radius 3 is 2.08 bits per heavy atom. The predicted octanol–water partition coefficient (Wildman–Crippen LogP) is 5.33. The third-order valence-corrected chi connectivity index (χ3v) is 5.38. The molecule has 180 valence electrons. The van der Waals surface area contributed by atoms with Crippen molar-refractivity contribution in [3.8, 4) is 23.0 Å². The molecule has 1 amide bonds. The highest BCUT2D eigenvalue weighted by atomic mass is 19.1. The summed E-state index contributed by atoms with van der Waals surface area (Å²) in [6.45, 7) is 0.0902. The molecule has 0 radical (unpaired) electrons. The fourth-order valence-electron chi connectivity index (χ4n) is 3.70. The minimum absolute atomic E-state index is 0.0902. The van der Waals surface area contributed by atoms with Gasteiger partial charge < -0.3 is 10.5 Å². The van der Waals surface area contributed by atoms with Crippen LogP contribution in [0, 0.1) is 11.6 Å². The Morgan fingerprint density at radius 2 is 1.47 bits per heavy atom. The molecule has 5 aromatic rings. The molecule has 3 aromatic carbocycles. The molecular weight excluding hydrogens is 466 g/mol. The van der Waals surface area contributed by atoms with Crippen LogP contribution in [0.15, 0.2) is 91.5 Å². The number of nitrogens with one attached hydrogen (secondary N) is 1. The molecule has 8 nitrogen and oxygen atoms in total. The maximum absolute atomic E-state index is 15.1. The lowest BCUT2D eigenvalue weighted by atomic mass is 10.2. The van der Waals surface area contributed by atoms with Crippen molar-refractivity contribution >= 4 is 17.5 Å². The molecule has 0 aliphatic heterocycles. The lowest BCUT2D eigenvalue weighted by molar-refractivity contribution is 0.155. The van der Waals surface area contributed by atoms with Gasteiger partial charge in [-0.1, -0.05) is 30.3 Å². The molecular formula is C26H20F2N6O2. The van der Waals surface area contributed by atoms with Crippen LogP contribution in [0.3, 0.4) is 0 Å². The first kappa shape index (κ1) is 22.8. The van der Waals surface area contributed by atoms with Crippen LogP contribution >= 0.6 is 0 Å². The number of nitrogens with two attached hydrogens (primary N) is 1. The Bertz CT molecular complexity index is 1530. The first-order valence-electron chi connectivity index (χ1n) is 10.9. The van der Waals surface area contributed by atoms with Crippen LogP contribution in [-0.4, -0.2) is 25.2 Å². The maximum atomic E-state index is 15.1. The summed E-state index contributed by atoms with van der Waals surface area (Å²) >= 11 is 0. The van der Waals surface area contributed by atoms with Gasteiger partial charge in [-0.3, -0.25) is 14.5 Å². The summed E-state index contributed by atoms with van der Waals surface area (Å²) in [5.41, 5.74) is 7.39. The predicted molar refractivity (Wildman–Crippen MR) is 131 cm³/mol. The van der Waals surface area contributed by atoms with Crippen molar-refractivity contribution in [2.24, 2.45) is 0 Å². The fraction of sp³-hybridized carbons (Fsp3) is 0.0385. The molecule has 0 atom stereocenters. The minimum Gasteiger partial charge on any atom is -0.444 e. The number of carbonyl (C=O) groups excluding carboxylic acids is 1. The number of nitrogens with zero attached hydrogens (tertiary/aromatic N) is 4. The number of aromatic nitrogens is 4. The number of imidazole rings is 2. The van der Waals surface area contributed by atoms with Crippen molar-refractivity contribution in [3.05, 3.63) is 109 Å². The van der Waals surface area contributed by atoms with E-state index in [-0.39, 0.29) is 29.5 Å². The topological polar surface area (TPSA) is 100.0 Å². The van der Waals surface area contributed by atoms with E-state index in [2.05, 4.69) is 15.3 Å². The Hall–Kier alpha value is -4.99. The number of hydrogen-bond acceptors (Lipinski definition) is 5. The molecule has 0 saturated carbocycles. The first-order chi connectivity index (χ1) is 17.5. The van der Waals surface area contributed by atoms with E-state index in [9.17, 15) is 9.18 Å². The smallest absolute Gasteiger partial charge is 0.411 e. The summed E-state index contributed by atoms with van der Waals surface area (Å²) in [5.74, 6) is -0.562. The summed E-state index contributed by atoms with van der Waals surface area (Å²) in [6, 6.07) is 17.7. The summed E-state index contributed by atoms with van der Waals surface area (Å²) in [5, 5.41) is 2.51. The van der Waals surface area contributed by atoms with Crippen molar-refractivity contribution in [1.29, 1.82) is 0 Å². The van der Waals surface area contributed by atoms with Crippen LogP contribution in [0.2, 0.25) is 0 Å². The van der Waals surface area contributed by atoms with E-state index in [1.807, 2.05) is 30.3 Å². The van der Waals surface area contributed by atoms with Crippen LogP contribution < -0.4 is 11.1 Å². The van der Waals surface area contributed by atoms with Gasteiger partial charge in [-0.2, -0.15) is 0 Å². The molecule has 36 heavy (non-hydrogen) atoms. The number of anilines is 2. The molecule has 0 aliphatic rings. The van der Waals surface area contributed by atoms with Crippen molar-refractivity contribution in [3.63, 3.8) is 0 Å². The van der Waals surface area contributed by atoms with E-state index in [1.165, 1.54) is 51.9 Å². The molecule has 2 heterocycles. The zero-order chi connectivity index (χ0) is 25.1. The molecule has 3 N–H and O–H groups in total. The largest absolute Gasteiger partial charge is 0.444 e. The van der Waals surface area contributed by atoms with Crippen molar-refractivity contribution < 1.29 is 18.3 Å². The Kier molecular flexibility index (Phi) is 6.14. The van der Waals surface area contributed by atoms with Gasteiger partial charge in [0.1, 0.15) is 18.2 Å². The Labute approximate surface area is 204 Å². The number of amides is 1. The Balaban J connectivity index is 1.37. The summed E-state index contributed by atoms with van der Waals surface area (Å²) in [4.78, 5) is 20.7. The molecule has 0 unspecified atom stereocenters. The van der Waals surface area contributed by atoms with E-state index < -0.39 is 17.7 Å². The molecule has 0 aliphatic carbocycles. The lowest BCUT2D eigenvalue weighted by Crippen LogP contribution is -2.14.